The molecule has 4 nitrogen and oxygen atoms in total. The first-order valence-electron chi connectivity index (χ1n) is 4.03. The van der Waals surface area contributed by atoms with Gasteiger partial charge in [0.15, 0.2) is 10.1 Å². The maximum absolute atomic E-state index is 12.8. The molecular weight excluding hydrogens is 268 g/mol. The van der Waals surface area contributed by atoms with Crippen LogP contribution in [0, 0.1) is 0 Å². The van der Waals surface area contributed by atoms with E-state index < -0.39 is 27.2 Å². The van der Waals surface area contributed by atoms with E-state index in [1.54, 1.807) is 0 Å². The molecule has 0 fully saturated rings. The first-order chi connectivity index (χ1) is 7.58. The van der Waals surface area contributed by atoms with E-state index in [9.17, 15) is 30.5 Å². The number of ether oxygens (including phenoxy) is 1. The molecule has 0 aliphatic heterocycles. The van der Waals surface area contributed by atoms with Crippen LogP contribution in [0.15, 0.2) is 30.3 Å². The van der Waals surface area contributed by atoms with Crippen molar-refractivity contribution < 1.29 is 35.3 Å². The molecule has 0 saturated heterocycles. The summed E-state index contributed by atoms with van der Waals surface area (Å²) in [4.78, 5) is 0. The molecule has 0 aliphatic carbocycles. The van der Waals surface area contributed by atoms with Crippen molar-refractivity contribution in [3.63, 3.8) is 0 Å². The minimum absolute atomic E-state index is 0.694. The second-order valence-electron chi connectivity index (χ2n) is 2.90. The van der Waals surface area contributed by atoms with Crippen LogP contribution < -0.4 is 4.74 Å². The highest BCUT2D eigenvalue weighted by Gasteiger charge is 2.65. The predicted molar refractivity (Wildman–Crippen MR) is 46.7 cm³/mol. The van der Waals surface area contributed by atoms with Gasteiger partial charge in [-0.2, -0.15) is 17.6 Å². The Bertz CT molecular complexity index is 486. The van der Waals surface area contributed by atoms with Crippen LogP contribution in [0.1, 0.15) is 0 Å². The molecule has 1 aromatic rings. The average Bonchev–Trinajstić information content (AvgIpc) is 2.16. The number of hydrogen-bond donors (Lipinski definition) is 0. The van der Waals surface area contributed by atoms with Crippen molar-refractivity contribution in [2.75, 3.05) is 0 Å². The maximum Gasteiger partial charge on any atom is 0.479 e. The molecule has 96 valence electrons. The first-order valence-corrected chi connectivity index (χ1v) is 5.44. The third-order valence-electron chi connectivity index (χ3n) is 1.64. The zero-order chi connectivity index (χ0) is 13.3. The molecular formula is C8H5F4O4S-. The van der Waals surface area contributed by atoms with Crippen molar-refractivity contribution in [2.24, 2.45) is 0 Å². The zero-order valence-electron chi connectivity index (χ0n) is 7.94. The number of halogens is 4. The van der Waals surface area contributed by atoms with Crippen LogP contribution >= 0.6 is 0 Å². The minimum atomic E-state index is -6.54. The second kappa shape index (κ2) is 4.15. The van der Waals surface area contributed by atoms with Gasteiger partial charge >= 0.3 is 11.4 Å². The van der Waals surface area contributed by atoms with E-state index in [4.69, 9.17) is 0 Å². The van der Waals surface area contributed by atoms with Crippen LogP contribution in [-0.2, 0) is 10.1 Å². The number of hydrogen-bond acceptors (Lipinski definition) is 4. The summed E-state index contributed by atoms with van der Waals surface area (Å²) in [5.74, 6) is -0.694. The van der Waals surface area contributed by atoms with E-state index in [1.165, 1.54) is 18.2 Å². The standard InChI is InChI=1S/C8H6F4O4S/c9-7(10,8(11,12)17(13,14)15)16-6-4-2-1-3-5-6/h1-5H,(H,13,14,15)/p-1. The summed E-state index contributed by atoms with van der Waals surface area (Å²) >= 11 is 0. The minimum Gasteiger partial charge on any atom is -0.743 e. The molecule has 1 rings (SSSR count). The van der Waals surface area contributed by atoms with E-state index in [1.807, 2.05) is 0 Å². The highest BCUT2D eigenvalue weighted by atomic mass is 32.2. The molecule has 0 bridgehead atoms. The van der Waals surface area contributed by atoms with Crippen molar-refractivity contribution >= 4 is 10.1 Å². The molecule has 0 atom stereocenters. The maximum atomic E-state index is 12.8. The molecule has 0 amide bonds. The zero-order valence-corrected chi connectivity index (χ0v) is 8.76. The van der Waals surface area contributed by atoms with Gasteiger partial charge in [-0.25, -0.2) is 8.42 Å². The van der Waals surface area contributed by atoms with E-state index >= 15 is 0 Å². The Kier molecular flexibility index (Phi) is 3.35. The van der Waals surface area contributed by atoms with Gasteiger partial charge in [0.1, 0.15) is 5.75 Å². The number of para-hydroxylation sites is 1. The lowest BCUT2D eigenvalue weighted by atomic mass is 10.3. The van der Waals surface area contributed by atoms with Crippen molar-refractivity contribution in [1.82, 2.24) is 0 Å². The van der Waals surface area contributed by atoms with Gasteiger partial charge in [-0.3, -0.25) is 0 Å². The Morgan fingerprint density at radius 2 is 1.53 bits per heavy atom. The van der Waals surface area contributed by atoms with Gasteiger partial charge in [-0.05, 0) is 12.1 Å². The van der Waals surface area contributed by atoms with Gasteiger partial charge in [0.25, 0.3) is 0 Å². The Morgan fingerprint density at radius 3 is 1.94 bits per heavy atom. The summed E-state index contributed by atoms with van der Waals surface area (Å²) in [5, 5.41) is -5.85. The second-order valence-corrected chi connectivity index (χ2v) is 4.32. The Labute approximate surface area is 93.6 Å². The molecule has 17 heavy (non-hydrogen) atoms. The van der Waals surface area contributed by atoms with Gasteiger partial charge < -0.3 is 9.29 Å². The lowest BCUT2D eigenvalue weighted by molar-refractivity contribution is -0.274. The average molecular weight is 273 g/mol. The quantitative estimate of drug-likeness (QED) is 0.619. The van der Waals surface area contributed by atoms with Gasteiger partial charge in [-0.15, -0.1) is 0 Å². The lowest BCUT2D eigenvalue weighted by Gasteiger charge is -2.27. The molecule has 0 unspecified atom stereocenters. The topological polar surface area (TPSA) is 66.4 Å². The van der Waals surface area contributed by atoms with E-state index in [0.29, 0.717) is 0 Å². The van der Waals surface area contributed by atoms with Crippen molar-refractivity contribution in [3.8, 4) is 5.75 Å². The van der Waals surface area contributed by atoms with Gasteiger partial charge in [0.05, 0.1) is 0 Å². The largest absolute Gasteiger partial charge is 0.743 e. The van der Waals surface area contributed by atoms with Gasteiger partial charge in [0.2, 0.25) is 0 Å². The number of rotatable bonds is 4. The van der Waals surface area contributed by atoms with Crippen LogP contribution in [0.2, 0.25) is 0 Å². The third-order valence-corrected chi connectivity index (χ3v) is 2.51. The monoisotopic (exact) mass is 273 g/mol. The molecule has 0 spiro atoms. The van der Waals surface area contributed by atoms with Crippen LogP contribution in [0.5, 0.6) is 5.75 Å². The van der Waals surface area contributed by atoms with Crippen LogP contribution in [0.4, 0.5) is 17.6 Å². The summed E-state index contributed by atoms with van der Waals surface area (Å²) in [6.45, 7) is 0. The summed E-state index contributed by atoms with van der Waals surface area (Å²) in [6, 6.07) is 5.61. The fraction of sp³-hybridized carbons (Fsp3) is 0.250. The smallest absolute Gasteiger partial charge is 0.479 e. The van der Waals surface area contributed by atoms with Crippen LogP contribution in [-0.4, -0.2) is 24.3 Å². The normalized spacial score (nSPS) is 13.5. The molecule has 1 aromatic carbocycles. The van der Waals surface area contributed by atoms with Crippen molar-refractivity contribution in [1.29, 1.82) is 0 Å². The Balaban J connectivity index is 3.05. The van der Waals surface area contributed by atoms with E-state index in [0.717, 1.165) is 12.1 Å². The van der Waals surface area contributed by atoms with Crippen LogP contribution in [0.3, 0.4) is 0 Å². The molecule has 0 heterocycles. The van der Waals surface area contributed by atoms with Crippen molar-refractivity contribution in [3.05, 3.63) is 30.3 Å². The van der Waals surface area contributed by atoms with E-state index in [-0.39, 0.29) is 0 Å². The molecule has 0 N–H and O–H groups in total. The third kappa shape index (κ3) is 2.67. The summed E-state index contributed by atoms with van der Waals surface area (Å²) in [5.41, 5.74) is 0. The Morgan fingerprint density at radius 1 is 1.06 bits per heavy atom. The summed E-state index contributed by atoms with van der Waals surface area (Å²) in [6.07, 6.45) is -5.45. The predicted octanol–water partition coefficient (Wildman–Crippen LogP) is 1.80. The van der Waals surface area contributed by atoms with Crippen molar-refractivity contribution in [2.45, 2.75) is 11.4 Å². The fourth-order valence-corrected chi connectivity index (χ4v) is 1.17. The molecule has 0 aromatic heterocycles. The van der Waals surface area contributed by atoms with E-state index in [2.05, 4.69) is 4.74 Å². The Hall–Kier alpha value is -1.35. The summed E-state index contributed by atoms with van der Waals surface area (Å²) < 4.78 is 84.5. The molecule has 9 heteroatoms. The number of benzene rings is 1. The van der Waals surface area contributed by atoms with Gasteiger partial charge in [0, 0.05) is 0 Å². The molecule has 0 radical (unpaired) electrons. The first kappa shape index (κ1) is 13.7. The van der Waals surface area contributed by atoms with Gasteiger partial charge in [-0.1, -0.05) is 18.2 Å². The fourth-order valence-electron chi connectivity index (χ4n) is 0.841. The number of alkyl halides is 4. The highest BCUT2D eigenvalue weighted by molar-refractivity contribution is 7.86. The SMILES string of the molecule is O=S(=O)([O-])C(F)(F)C(F)(F)Oc1ccccc1. The van der Waals surface area contributed by atoms with Crippen LogP contribution in [0.25, 0.3) is 0 Å². The lowest BCUT2D eigenvalue weighted by Crippen LogP contribution is -2.50. The molecule has 0 aliphatic rings. The highest BCUT2D eigenvalue weighted by Crippen LogP contribution is 2.39. The summed E-state index contributed by atoms with van der Waals surface area (Å²) in [7, 11) is -6.54. The molecule has 0 saturated carbocycles.